The third-order valence-electron chi connectivity index (χ3n) is 4.61. The smallest absolute Gasteiger partial charge is 0.242 e. The van der Waals surface area contributed by atoms with Gasteiger partial charge in [-0.25, -0.2) is 8.42 Å². The van der Waals surface area contributed by atoms with Gasteiger partial charge >= 0.3 is 0 Å². The van der Waals surface area contributed by atoms with Crippen LogP contribution in [-0.2, 0) is 14.8 Å². The topological polar surface area (TPSA) is 66.5 Å². The number of sulfonamides is 1. The van der Waals surface area contributed by atoms with E-state index in [2.05, 4.69) is 4.72 Å². The number of likely N-dealkylation sites (N-methyl/N-ethyl adjacent to an activating group) is 1. The first-order valence-electron chi connectivity index (χ1n) is 8.49. The van der Waals surface area contributed by atoms with Crippen LogP contribution in [0, 0.1) is 0 Å². The number of nitrogens with one attached hydrogen (secondary N) is 1. The van der Waals surface area contributed by atoms with Crippen LogP contribution in [-0.4, -0.2) is 50.4 Å². The highest BCUT2D eigenvalue weighted by Crippen LogP contribution is 2.26. The number of nitrogens with zero attached hydrogens (tertiary/aromatic N) is 1. The van der Waals surface area contributed by atoms with Crippen molar-refractivity contribution in [3.63, 3.8) is 0 Å². The monoisotopic (exact) mass is 438 g/mol. The molecule has 1 N–H and O–H groups in total. The lowest BCUT2D eigenvalue weighted by molar-refractivity contribution is -0.133. The molecule has 1 saturated carbocycles. The Balaban J connectivity index is 2.22. The Morgan fingerprint density at radius 2 is 2.00 bits per heavy atom. The molecule has 1 unspecified atom stereocenters. The summed E-state index contributed by atoms with van der Waals surface area (Å²) in [6, 6.07) is 3.60. The number of amides is 1. The molecular weight excluding hydrogens is 415 g/mol. The molecule has 0 aliphatic heterocycles. The highest BCUT2D eigenvalue weighted by Gasteiger charge is 2.32. The van der Waals surface area contributed by atoms with Crippen LogP contribution >= 0.6 is 35.0 Å². The van der Waals surface area contributed by atoms with Gasteiger partial charge in [0.15, 0.2) is 0 Å². The average molecular weight is 439 g/mol. The van der Waals surface area contributed by atoms with E-state index in [1.54, 1.807) is 23.7 Å². The lowest BCUT2D eigenvalue weighted by atomic mass is 10.1. The summed E-state index contributed by atoms with van der Waals surface area (Å²) in [5, 5.41) is 0.340. The van der Waals surface area contributed by atoms with Gasteiger partial charge in [-0.2, -0.15) is 16.5 Å². The second-order valence-electron chi connectivity index (χ2n) is 6.42. The molecule has 1 aromatic rings. The molecule has 1 atom stereocenters. The summed E-state index contributed by atoms with van der Waals surface area (Å²) >= 11 is 13.5. The fraction of sp³-hybridized carbons (Fsp3) is 0.588. The highest BCUT2D eigenvalue weighted by molar-refractivity contribution is 7.98. The number of hydrogen-bond acceptors (Lipinski definition) is 4. The van der Waals surface area contributed by atoms with Gasteiger partial charge in [-0.05, 0) is 49.5 Å². The first kappa shape index (κ1) is 21.8. The van der Waals surface area contributed by atoms with Gasteiger partial charge in [0.25, 0.3) is 0 Å². The summed E-state index contributed by atoms with van der Waals surface area (Å²) < 4.78 is 28.1. The lowest BCUT2D eigenvalue weighted by Crippen LogP contribution is -2.50. The van der Waals surface area contributed by atoms with Gasteiger partial charge in [-0.1, -0.05) is 36.0 Å². The van der Waals surface area contributed by atoms with E-state index in [1.165, 1.54) is 18.2 Å². The molecule has 0 heterocycles. The zero-order valence-corrected chi connectivity index (χ0v) is 18.0. The van der Waals surface area contributed by atoms with Crippen LogP contribution in [0.5, 0.6) is 0 Å². The molecule has 5 nitrogen and oxygen atoms in total. The van der Waals surface area contributed by atoms with Crippen LogP contribution in [0.1, 0.15) is 32.1 Å². The van der Waals surface area contributed by atoms with Crippen molar-refractivity contribution in [3.8, 4) is 0 Å². The fourth-order valence-electron chi connectivity index (χ4n) is 3.12. The Labute approximate surface area is 169 Å². The molecule has 146 valence electrons. The van der Waals surface area contributed by atoms with Crippen LogP contribution in [0.4, 0.5) is 0 Å². The molecule has 1 aliphatic rings. The number of hydrogen-bond donors (Lipinski definition) is 1. The minimum absolute atomic E-state index is 0.0714. The molecule has 1 aromatic carbocycles. The zero-order valence-electron chi connectivity index (χ0n) is 14.9. The van der Waals surface area contributed by atoms with Crippen molar-refractivity contribution < 1.29 is 13.2 Å². The summed E-state index contributed by atoms with van der Waals surface area (Å²) in [6.07, 6.45) is 6.46. The maximum absolute atomic E-state index is 12.9. The van der Waals surface area contributed by atoms with E-state index in [1.807, 2.05) is 6.26 Å². The van der Waals surface area contributed by atoms with E-state index in [9.17, 15) is 13.2 Å². The van der Waals surface area contributed by atoms with Crippen molar-refractivity contribution in [2.75, 3.05) is 19.1 Å². The van der Waals surface area contributed by atoms with Crippen molar-refractivity contribution in [1.29, 1.82) is 0 Å². The van der Waals surface area contributed by atoms with Crippen LogP contribution in [0.2, 0.25) is 10.0 Å². The second kappa shape index (κ2) is 9.64. The van der Waals surface area contributed by atoms with Crippen molar-refractivity contribution >= 4 is 50.9 Å². The van der Waals surface area contributed by atoms with Crippen molar-refractivity contribution in [2.24, 2.45) is 0 Å². The Morgan fingerprint density at radius 1 is 1.35 bits per heavy atom. The predicted molar refractivity (Wildman–Crippen MR) is 109 cm³/mol. The number of rotatable bonds is 8. The Bertz CT molecular complexity index is 738. The molecule has 1 aliphatic carbocycles. The highest BCUT2D eigenvalue weighted by atomic mass is 35.5. The van der Waals surface area contributed by atoms with Crippen LogP contribution in [0.3, 0.4) is 0 Å². The minimum Gasteiger partial charge on any atom is -0.341 e. The Hall–Kier alpha value is -0.470. The van der Waals surface area contributed by atoms with Gasteiger partial charge < -0.3 is 4.90 Å². The van der Waals surface area contributed by atoms with Crippen LogP contribution < -0.4 is 4.72 Å². The van der Waals surface area contributed by atoms with Gasteiger partial charge in [0.1, 0.15) is 10.9 Å². The zero-order chi connectivity index (χ0) is 19.3. The normalized spacial score (nSPS) is 16.6. The van der Waals surface area contributed by atoms with E-state index in [-0.39, 0.29) is 26.9 Å². The Kier molecular flexibility index (Phi) is 8.09. The van der Waals surface area contributed by atoms with Crippen molar-refractivity contribution in [1.82, 2.24) is 9.62 Å². The lowest BCUT2D eigenvalue weighted by Gasteiger charge is -2.29. The number of carbonyl (C=O) groups is 1. The van der Waals surface area contributed by atoms with E-state index >= 15 is 0 Å². The molecule has 0 radical (unpaired) electrons. The number of thioether (sulfide) groups is 1. The third kappa shape index (κ3) is 5.52. The summed E-state index contributed by atoms with van der Waals surface area (Å²) in [5.74, 6) is 0.466. The molecular formula is C17H24Cl2N2O3S2. The van der Waals surface area contributed by atoms with Crippen LogP contribution in [0.15, 0.2) is 23.1 Å². The van der Waals surface area contributed by atoms with Crippen molar-refractivity contribution in [2.45, 2.75) is 49.1 Å². The average Bonchev–Trinajstić information content (AvgIpc) is 3.13. The second-order valence-corrected chi connectivity index (χ2v) is 9.93. The van der Waals surface area contributed by atoms with E-state index in [0.717, 1.165) is 25.7 Å². The third-order valence-corrected chi connectivity index (χ3v) is 7.44. The predicted octanol–water partition coefficient (Wildman–Crippen LogP) is 3.79. The standard InChI is InChI=1S/C17H24Cl2N2O3S2/c1-21(13-5-3-4-6-13)17(22)15(9-10-25-2)20-26(23,24)16-11-12(18)7-8-14(16)19/h7-8,11,13,15,20H,3-6,9-10H2,1-2H3. The van der Waals surface area contributed by atoms with Gasteiger partial charge in [0.2, 0.25) is 15.9 Å². The molecule has 0 aromatic heterocycles. The first-order valence-corrected chi connectivity index (χ1v) is 12.1. The number of benzene rings is 1. The molecule has 0 spiro atoms. The maximum atomic E-state index is 12.9. The molecule has 9 heteroatoms. The summed E-state index contributed by atoms with van der Waals surface area (Å²) in [5.41, 5.74) is 0. The minimum atomic E-state index is -3.97. The summed E-state index contributed by atoms with van der Waals surface area (Å²) in [6.45, 7) is 0. The van der Waals surface area contributed by atoms with E-state index in [4.69, 9.17) is 23.2 Å². The van der Waals surface area contributed by atoms with E-state index < -0.39 is 16.1 Å². The molecule has 0 bridgehead atoms. The van der Waals surface area contributed by atoms with Gasteiger partial charge in [0, 0.05) is 18.1 Å². The largest absolute Gasteiger partial charge is 0.341 e. The molecule has 26 heavy (non-hydrogen) atoms. The quantitative estimate of drug-likeness (QED) is 0.669. The first-order chi connectivity index (χ1) is 12.3. The SMILES string of the molecule is CSCCC(NS(=O)(=O)c1cc(Cl)ccc1Cl)C(=O)N(C)C1CCCC1. The number of halogens is 2. The summed E-state index contributed by atoms with van der Waals surface area (Å²) in [7, 11) is -2.21. The molecule has 0 saturated heterocycles. The van der Waals surface area contributed by atoms with Gasteiger partial charge in [-0.15, -0.1) is 0 Å². The van der Waals surface area contributed by atoms with Crippen molar-refractivity contribution in [3.05, 3.63) is 28.2 Å². The Morgan fingerprint density at radius 3 is 2.62 bits per heavy atom. The van der Waals surface area contributed by atoms with Gasteiger partial charge in [-0.3, -0.25) is 4.79 Å². The molecule has 2 rings (SSSR count). The summed E-state index contributed by atoms with van der Waals surface area (Å²) in [4.78, 5) is 14.5. The molecule has 1 amide bonds. The molecule has 1 fully saturated rings. The van der Waals surface area contributed by atoms with Gasteiger partial charge in [0.05, 0.1) is 5.02 Å². The van der Waals surface area contributed by atoms with Crippen LogP contribution in [0.25, 0.3) is 0 Å². The number of carbonyl (C=O) groups excluding carboxylic acids is 1. The van der Waals surface area contributed by atoms with E-state index in [0.29, 0.717) is 12.2 Å². The fourth-order valence-corrected chi connectivity index (χ4v) is 5.58. The maximum Gasteiger partial charge on any atom is 0.242 e.